The Labute approximate surface area is 339 Å². The summed E-state index contributed by atoms with van der Waals surface area (Å²) in [5.74, 6) is -0.488. The fourth-order valence-electron chi connectivity index (χ4n) is 6.70. The minimum absolute atomic E-state index is 0.0821. The zero-order chi connectivity index (χ0) is 41.3. The SMILES string of the molecule is CCCCCCC/C=C\CCCCCCCCOCC(COP(=O)(O)OC1C(O)C(O)C(O)C(O)C1O)OC(=O)CCCCCCC/C=C\CCCCCCC. The highest BCUT2D eigenvalue weighted by atomic mass is 31.2. The highest BCUT2D eigenvalue weighted by molar-refractivity contribution is 7.47. The monoisotopic (exact) mass is 821 g/mol. The van der Waals surface area contributed by atoms with E-state index in [1.807, 2.05) is 0 Å². The fraction of sp³-hybridized carbons (Fsp3) is 0.884. The van der Waals surface area contributed by atoms with Crippen LogP contribution in [0.5, 0.6) is 0 Å². The van der Waals surface area contributed by atoms with Crippen molar-refractivity contribution in [2.24, 2.45) is 0 Å². The smallest absolute Gasteiger partial charge is 0.457 e. The van der Waals surface area contributed by atoms with Crippen LogP contribution in [-0.4, -0.2) is 98.9 Å². The number of hydrogen-bond donors (Lipinski definition) is 6. The fourth-order valence-corrected chi connectivity index (χ4v) is 7.67. The molecule has 0 radical (unpaired) electrons. The zero-order valence-electron chi connectivity index (χ0n) is 34.9. The average molecular weight is 821 g/mol. The van der Waals surface area contributed by atoms with Crippen molar-refractivity contribution in [3.05, 3.63) is 24.3 Å². The molecule has 0 saturated heterocycles. The van der Waals surface area contributed by atoms with Gasteiger partial charge in [-0.05, 0) is 64.2 Å². The van der Waals surface area contributed by atoms with Gasteiger partial charge < -0.3 is 39.9 Å². The molecule has 1 rings (SSSR count). The van der Waals surface area contributed by atoms with Gasteiger partial charge in [-0.25, -0.2) is 4.57 Å². The predicted octanol–water partition coefficient (Wildman–Crippen LogP) is 8.53. The second kappa shape index (κ2) is 34.7. The molecule has 1 fully saturated rings. The van der Waals surface area contributed by atoms with Gasteiger partial charge in [-0.2, -0.15) is 0 Å². The maximum absolute atomic E-state index is 12.8. The summed E-state index contributed by atoms with van der Waals surface area (Å²) in [6, 6.07) is 0. The summed E-state index contributed by atoms with van der Waals surface area (Å²) in [5.41, 5.74) is 0. The van der Waals surface area contributed by atoms with Crippen molar-refractivity contribution in [3.63, 3.8) is 0 Å². The molecule has 0 amide bonds. The first-order valence-corrected chi connectivity index (χ1v) is 23.7. The van der Waals surface area contributed by atoms with Gasteiger partial charge >= 0.3 is 13.8 Å². The first-order valence-electron chi connectivity index (χ1n) is 22.2. The third-order valence-electron chi connectivity index (χ3n) is 10.3. The molecule has 0 bridgehead atoms. The predicted molar refractivity (Wildman–Crippen MR) is 221 cm³/mol. The van der Waals surface area contributed by atoms with Crippen LogP contribution in [0.25, 0.3) is 0 Å². The van der Waals surface area contributed by atoms with Gasteiger partial charge in [-0.3, -0.25) is 13.8 Å². The Bertz CT molecular complexity index is 1030. The summed E-state index contributed by atoms with van der Waals surface area (Å²) in [5, 5.41) is 50.1. The topological polar surface area (TPSA) is 192 Å². The van der Waals surface area contributed by atoms with E-state index in [1.165, 1.54) is 83.5 Å². The number of allylic oxidation sites excluding steroid dienone is 4. The van der Waals surface area contributed by atoms with Crippen molar-refractivity contribution in [1.82, 2.24) is 0 Å². The van der Waals surface area contributed by atoms with Gasteiger partial charge in [0.25, 0.3) is 0 Å². The van der Waals surface area contributed by atoms with Gasteiger partial charge in [-0.15, -0.1) is 0 Å². The summed E-state index contributed by atoms with van der Waals surface area (Å²) >= 11 is 0. The van der Waals surface area contributed by atoms with Crippen LogP contribution in [0.3, 0.4) is 0 Å². The molecule has 1 aliphatic rings. The summed E-state index contributed by atoms with van der Waals surface area (Å²) in [4.78, 5) is 23.1. The van der Waals surface area contributed by atoms with Gasteiger partial charge in [0.15, 0.2) is 0 Å². The normalized spacial score (nSPS) is 23.2. The van der Waals surface area contributed by atoms with Crippen LogP contribution in [-0.2, 0) is 27.9 Å². The third kappa shape index (κ3) is 26.7. The molecule has 0 spiro atoms. The Hall–Kier alpha value is -1.18. The molecule has 56 heavy (non-hydrogen) atoms. The maximum Gasteiger partial charge on any atom is 0.472 e. The number of rotatable bonds is 37. The lowest BCUT2D eigenvalue weighted by atomic mass is 9.85. The van der Waals surface area contributed by atoms with Crippen LogP contribution < -0.4 is 0 Å². The van der Waals surface area contributed by atoms with E-state index in [0.717, 1.165) is 70.6 Å². The molecule has 12 nitrogen and oxygen atoms in total. The molecule has 0 aromatic carbocycles. The van der Waals surface area contributed by atoms with Gasteiger partial charge in [0.1, 0.15) is 42.7 Å². The number of aliphatic hydroxyl groups is 5. The molecule has 0 aromatic rings. The van der Waals surface area contributed by atoms with Crippen molar-refractivity contribution >= 4 is 13.8 Å². The number of aliphatic hydroxyl groups excluding tert-OH is 5. The lowest BCUT2D eigenvalue weighted by Crippen LogP contribution is -2.64. The first kappa shape index (κ1) is 52.8. The van der Waals surface area contributed by atoms with Crippen LogP contribution in [0.15, 0.2) is 24.3 Å². The standard InChI is InChI=1S/C43H81O12P/c1-3-5-7-9-11-13-15-17-19-21-23-25-27-29-31-33-52-34-36(35-53-56(50,51)55-43-41(48)39(46)38(45)40(47)42(43)49)54-37(44)32-30-28-26-24-22-20-18-16-14-12-10-8-6-4-2/h15-18,36,38-43,45-49H,3-14,19-35H2,1-2H3,(H,50,51)/b17-15-,18-16-. The van der Waals surface area contributed by atoms with Crippen molar-refractivity contribution in [2.45, 2.75) is 224 Å². The Morgan fingerprint density at radius 2 is 0.946 bits per heavy atom. The number of esters is 1. The lowest BCUT2D eigenvalue weighted by Gasteiger charge is -2.41. The molecular formula is C43H81O12P. The van der Waals surface area contributed by atoms with E-state index >= 15 is 0 Å². The minimum atomic E-state index is -5.02. The third-order valence-corrected chi connectivity index (χ3v) is 11.3. The minimum Gasteiger partial charge on any atom is -0.457 e. The molecule has 330 valence electrons. The number of phosphoric ester groups is 1. The number of hydrogen-bond acceptors (Lipinski definition) is 11. The maximum atomic E-state index is 12.8. The number of phosphoric acid groups is 1. The molecule has 6 N–H and O–H groups in total. The van der Waals surface area contributed by atoms with Gasteiger partial charge in [0.2, 0.25) is 0 Å². The highest BCUT2D eigenvalue weighted by Gasteiger charge is 2.51. The molecule has 6 atom stereocenters. The van der Waals surface area contributed by atoms with Crippen LogP contribution in [0.1, 0.15) is 181 Å². The zero-order valence-corrected chi connectivity index (χ0v) is 35.8. The summed E-state index contributed by atoms with van der Waals surface area (Å²) in [6.07, 6.45) is 25.3. The number of carbonyl (C=O) groups excluding carboxylic acids is 1. The van der Waals surface area contributed by atoms with E-state index in [0.29, 0.717) is 13.0 Å². The molecular weight excluding hydrogens is 739 g/mol. The number of unbranched alkanes of at least 4 members (excludes halogenated alkanes) is 21. The van der Waals surface area contributed by atoms with Gasteiger partial charge in [0, 0.05) is 13.0 Å². The first-order chi connectivity index (χ1) is 27.0. The number of carbonyl (C=O) groups is 1. The molecule has 0 aromatic heterocycles. The van der Waals surface area contributed by atoms with Crippen molar-refractivity contribution in [1.29, 1.82) is 0 Å². The summed E-state index contributed by atoms with van der Waals surface area (Å²) < 4.78 is 34.1. The Morgan fingerprint density at radius 1 is 0.554 bits per heavy atom. The summed E-state index contributed by atoms with van der Waals surface area (Å²) in [7, 11) is -5.02. The average Bonchev–Trinajstić information content (AvgIpc) is 3.18. The quantitative estimate of drug-likeness (QED) is 0.0152. The second-order valence-electron chi connectivity index (χ2n) is 15.5. The van der Waals surface area contributed by atoms with E-state index in [1.54, 1.807) is 0 Å². The molecule has 6 unspecified atom stereocenters. The van der Waals surface area contributed by atoms with E-state index in [2.05, 4.69) is 38.2 Å². The largest absolute Gasteiger partial charge is 0.472 e. The Balaban J connectivity index is 2.43. The van der Waals surface area contributed by atoms with E-state index in [4.69, 9.17) is 18.5 Å². The van der Waals surface area contributed by atoms with Crippen LogP contribution in [0, 0.1) is 0 Å². The second-order valence-corrected chi connectivity index (χ2v) is 16.9. The lowest BCUT2D eigenvalue weighted by molar-refractivity contribution is -0.220. The molecule has 0 heterocycles. The van der Waals surface area contributed by atoms with Gasteiger partial charge in [-0.1, -0.05) is 134 Å². The van der Waals surface area contributed by atoms with Crippen molar-refractivity contribution < 1.29 is 58.3 Å². The molecule has 1 aliphatic carbocycles. The highest BCUT2D eigenvalue weighted by Crippen LogP contribution is 2.47. The van der Waals surface area contributed by atoms with Crippen LogP contribution in [0.4, 0.5) is 0 Å². The summed E-state index contributed by atoms with van der Waals surface area (Å²) in [6.45, 7) is 4.21. The Morgan fingerprint density at radius 3 is 1.41 bits per heavy atom. The molecule has 1 saturated carbocycles. The molecule has 0 aliphatic heterocycles. The number of ether oxygens (including phenoxy) is 2. The van der Waals surface area contributed by atoms with Crippen molar-refractivity contribution in [3.8, 4) is 0 Å². The molecule has 13 heteroatoms. The van der Waals surface area contributed by atoms with Gasteiger partial charge in [0.05, 0.1) is 13.2 Å². The Kier molecular flexibility index (Phi) is 32.7. The van der Waals surface area contributed by atoms with E-state index in [-0.39, 0.29) is 13.0 Å². The van der Waals surface area contributed by atoms with E-state index in [9.17, 15) is 39.8 Å². The van der Waals surface area contributed by atoms with E-state index < -0.39 is 63.1 Å². The van der Waals surface area contributed by atoms with Crippen molar-refractivity contribution in [2.75, 3.05) is 19.8 Å². The van der Waals surface area contributed by atoms with Crippen LogP contribution in [0.2, 0.25) is 0 Å². The van der Waals surface area contributed by atoms with Crippen LogP contribution >= 0.6 is 7.82 Å².